The van der Waals surface area contributed by atoms with Crippen LogP contribution in [-0.4, -0.2) is 25.2 Å². The fourth-order valence-electron chi connectivity index (χ4n) is 2.44. The Hall–Kier alpha value is -2.68. The molecule has 1 saturated heterocycles. The highest BCUT2D eigenvalue weighted by atomic mass is 16.5. The van der Waals surface area contributed by atoms with Crippen LogP contribution in [0, 0.1) is 11.3 Å². The molecule has 1 aromatic heterocycles. The van der Waals surface area contributed by atoms with Crippen molar-refractivity contribution in [2.45, 2.75) is 19.4 Å². The monoisotopic (exact) mass is 299 g/mol. The number of aromatic nitrogens is 1. The highest BCUT2D eigenvalue weighted by Gasteiger charge is 2.22. The molecule has 0 aliphatic carbocycles. The van der Waals surface area contributed by atoms with E-state index in [2.05, 4.69) is 16.0 Å². The van der Waals surface area contributed by atoms with E-state index in [1.165, 1.54) is 0 Å². The maximum Gasteiger partial charge on any atom is 0.236 e. The number of nitrogens with zero attached hydrogens (tertiary/aromatic N) is 3. The van der Waals surface area contributed by atoms with Gasteiger partial charge in [-0.15, -0.1) is 0 Å². The first-order valence-electron chi connectivity index (χ1n) is 7.22. The van der Waals surface area contributed by atoms with Gasteiger partial charge in [0.05, 0.1) is 7.11 Å². The zero-order valence-corrected chi connectivity index (χ0v) is 12.4. The number of hydrogen-bond donors (Lipinski definition) is 0. The molecule has 0 radical (unpaired) electrons. The quantitative estimate of drug-likeness (QED) is 0.845. The highest BCUT2D eigenvalue weighted by Crippen LogP contribution is 2.26. The van der Waals surface area contributed by atoms with Crippen LogP contribution < -0.4 is 14.4 Å². The lowest BCUT2D eigenvalue weighted by molar-refractivity contribution is 0.263. The number of rotatable bonds is 5. The number of benzene rings is 1. The van der Waals surface area contributed by atoms with Crippen molar-refractivity contribution < 1.29 is 13.9 Å². The van der Waals surface area contributed by atoms with E-state index < -0.39 is 0 Å². The highest BCUT2D eigenvalue weighted by molar-refractivity contribution is 5.48. The largest absolute Gasteiger partial charge is 0.497 e. The molecule has 1 fully saturated rings. The van der Waals surface area contributed by atoms with Crippen LogP contribution in [0.1, 0.15) is 24.4 Å². The Balaban J connectivity index is 1.68. The Labute approximate surface area is 128 Å². The molecule has 0 saturated carbocycles. The first-order valence-corrected chi connectivity index (χ1v) is 7.22. The van der Waals surface area contributed by atoms with E-state index in [1.54, 1.807) is 7.11 Å². The van der Waals surface area contributed by atoms with Crippen molar-refractivity contribution in [2.24, 2.45) is 0 Å². The molecule has 114 valence electrons. The van der Waals surface area contributed by atoms with Gasteiger partial charge in [0.1, 0.15) is 17.6 Å². The minimum atomic E-state index is 0.189. The van der Waals surface area contributed by atoms with Gasteiger partial charge in [-0.05, 0) is 37.1 Å². The van der Waals surface area contributed by atoms with Gasteiger partial charge in [0.2, 0.25) is 17.5 Å². The molecule has 0 atom stereocenters. The Morgan fingerprint density at radius 1 is 1.23 bits per heavy atom. The van der Waals surface area contributed by atoms with Crippen molar-refractivity contribution in [1.82, 2.24) is 4.98 Å². The maximum atomic E-state index is 9.18. The van der Waals surface area contributed by atoms with Gasteiger partial charge in [-0.1, -0.05) is 0 Å². The van der Waals surface area contributed by atoms with E-state index >= 15 is 0 Å². The number of ether oxygens (including phenoxy) is 2. The van der Waals surface area contributed by atoms with E-state index in [1.807, 2.05) is 24.3 Å². The van der Waals surface area contributed by atoms with Gasteiger partial charge in [-0.2, -0.15) is 10.2 Å². The fourth-order valence-corrected chi connectivity index (χ4v) is 2.44. The number of anilines is 1. The summed E-state index contributed by atoms with van der Waals surface area (Å²) in [5, 5.41) is 9.18. The molecule has 2 heterocycles. The molecule has 22 heavy (non-hydrogen) atoms. The predicted molar refractivity (Wildman–Crippen MR) is 80.0 cm³/mol. The standard InChI is InChI=1S/C16H17N3O3/c1-20-12-4-6-13(7-5-12)21-11-15-18-14(10-17)16(22-15)19-8-2-3-9-19/h4-7H,2-3,8-9,11H2,1H3. The van der Waals surface area contributed by atoms with Gasteiger partial charge >= 0.3 is 0 Å². The molecule has 0 bridgehead atoms. The van der Waals surface area contributed by atoms with Crippen molar-refractivity contribution in [1.29, 1.82) is 5.26 Å². The summed E-state index contributed by atoms with van der Waals surface area (Å²) in [4.78, 5) is 6.26. The van der Waals surface area contributed by atoms with Crippen LogP contribution in [0.5, 0.6) is 11.5 Å². The molecule has 3 rings (SSSR count). The summed E-state index contributed by atoms with van der Waals surface area (Å²) in [6.45, 7) is 2.00. The van der Waals surface area contributed by atoms with Crippen molar-refractivity contribution in [3.8, 4) is 17.6 Å². The number of methoxy groups -OCH3 is 1. The molecule has 2 aromatic rings. The van der Waals surface area contributed by atoms with Crippen molar-refractivity contribution in [3.05, 3.63) is 35.9 Å². The van der Waals surface area contributed by atoms with Crippen molar-refractivity contribution >= 4 is 5.88 Å². The molecule has 0 N–H and O–H groups in total. The van der Waals surface area contributed by atoms with Crippen LogP contribution in [0.25, 0.3) is 0 Å². The molecule has 1 aliphatic heterocycles. The van der Waals surface area contributed by atoms with Gasteiger partial charge < -0.3 is 18.8 Å². The van der Waals surface area contributed by atoms with E-state index in [4.69, 9.17) is 13.9 Å². The lowest BCUT2D eigenvalue weighted by Gasteiger charge is -2.12. The third-order valence-corrected chi connectivity index (χ3v) is 3.57. The number of nitriles is 1. The first-order chi connectivity index (χ1) is 10.8. The van der Waals surface area contributed by atoms with Crippen molar-refractivity contribution in [3.63, 3.8) is 0 Å². The summed E-state index contributed by atoms with van der Waals surface area (Å²) in [6, 6.07) is 9.36. The van der Waals surface area contributed by atoms with Crippen LogP contribution in [0.4, 0.5) is 5.88 Å². The zero-order chi connectivity index (χ0) is 15.4. The van der Waals surface area contributed by atoms with Crippen LogP contribution in [-0.2, 0) is 6.61 Å². The lowest BCUT2D eigenvalue weighted by Crippen LogP contribution is -2.17. The van der Waals surface area contributed by atoms with Crippen molar-refractivity contribution in [2.75, 3.05) is 25.1 Å². The molecule has 6 heteroatoms. The smallest absolute Gasteiger partial charge is 0.236 e. The average Bonchev–Trinajstić information content (AvgIpc) is 3.22. The minimum absolute atomic E-state index is 0.189. The van der Waals surface area contributed by atoms with E-state index in [-0.39, 0.29) is 6.61 Å². The predicted octanol–water partition coefficient (Wildman–Crippen LogP) is 2.73. The average molecular weight is 299 g/mol. The third kappa shape index (κ3) is 2.98. The molecule has 1 aromatic carbocycles. The molecular weight excluding hydrogens is 282 g/mol. The Bertz CT molecular complexity index is 667. The Morgan fingerprint density at radius 3 is 2.55 bits per heavy atom. The van der Waals surface area contributed by atoms with Crippen LogP contribution in [0.3, 0.4) is 0 Å². The fraction of sp³-hybridized carbons (Fsp3) is 0.375. The van der Waals surface area contributed by atoms with Gasteiger partial charge in [0.25, 0.3) is 0 Å². The maximum absolute atomic E-state index is 9.18. The second-order valence-corrected chi connectivity index (χ2v) is 5.03. The SMILES string of the molecule is COc1ccc(OCc2nc(C#N)c(N3CCCC3)o2)cc1. The third-order valence-electron chi connectivity index (χ3n) is 3.57. The number of hydrogen-bond acceptors (Lipinski definition) is 6. The van der Waals surface area contributed by atoms with Gasteiger partial charge in [-0.3, -0.25) is 0 Å². The lowest BCUT2D eigenvalue weighted by atomic mass is 10.3. The molecule has 0 unspecified atom stereocenters. The van der Waals surface area contributed by atoms with Gasteiger partial charge in [0, 0.05) is 13.1 Å². The van der Waals surface area contributed by atoms with Crippen LogP contribution in [0.15, 0.2) is 28.7 Å². The van der Waals surface area contributed by atoms with Gasteiger partial charge in [0.15, 0.2) is 6.61 Å². The zero-order valence-electron chi connectivity index (χ0n) is 12.4. The first kappa shape index (κ1) is 14.3. The summed E-state index contributed by atoms with van der Waals surface area (Å²) in [7, 11) is 1.62. The van der Waals surface area contributed by atoms with E-state index in [9.17, 15) is 5.26 Å². The Morgan fingerprint density at radius 2 is 1.91 bits per heavy atom. The number of oxazole rings is 1. The molecule has 0 spiro atoms. The summed E-state index contributed by atoms with van der Waals surface area (Å²) < 4.78 is 16.4. The second-order valence-electron chi connectivity index (χ2n) is 5.03. The van der Waals surface area contributed by atoms with Crippen LogP contribution in [0.2, 0.25) is 0 Å². The second kappa shape index (κ2) is 6.39. The summed E-state index contributed by atoms with van der Waals surface area (Å²) in [6.07, 6.45) is 2.23. The summed E-state index contributed by atoms with van der Waals surface area (Å²) in [5.41, 5.74) is 0.329. The van der Waals surface area contributed by atoms with Crippen LogP contribution >= 0.6 is 0 Å². The molecule has 0 amide bonds. The summed E-state index contributed by atoms with van der Waals surface area (Å²) >= 11 is 0. The van der Waals surface area contributed by atoms with Gasteiger partial charge in [-0.25, -0.2) is 0 Å². The molecule has 6 nitrogen and oxygen atoms in total. The Kier molecular flexibility index (Phi) is 4.15. The topological polar surface area (TPSA) is 71.5 Å². The van der Waals surface area contributed by atoms with E-state index in [0.717, 1.165) is 31.7 Å². The van der Waals surface area contributed by atoms with E-state index in [0.29, 0.717) is 23.2 Å². The minimum Gasteiger partial charge on any atom is -0.497 e. The normalized spacial score (nSPS) is 13.9. The summed E-state index contributed by atoms with van der Waals surface area (Å²) in [5.74, 6) is 2.44. The molecule has 1 aliphatic rings. The molecular formula is C16H17N3O3.